The van der Waals surface area contributed by atoms with Crippen LogP contribution in [0.1, 0.15) is 18.1 Å². The van der Waals surface area contributed by atoms with E-state index < -0.39 is 6.36 Å². The average molecular weight is 386 g/mol. The second-order valence-corrected chi connectivity index (χ2v) is 6.35. The molecule has 0 bridgehead atoms. The quantitative estimate of drug-likeness (QED) is 0.465. The summed E-state index contributed by atoms with van der Waals surface area (Å²) in [5.74, 6) is 0.658. The number of aryl methyl sites for hydroxylation is 2. The first kappa shape index (κ1) is 19.8. The van der Waals surface area contributed by atoms with Gasteiger partial charge in [0.1, 0.15) is 11.5 Å². The Hall–Kier alpha value is -2.95. The minimum absolute atomic E-state index is 0.219. The fourth-order valence-electron chi connectivity index (χ4n) is 2.92. The zero-order valence-electron chi connectivity index (χ0n) is 15.5. The van der Waals surface area contributed by atoms with E-state index in [1.807, 2.05) is 43.3 Å². The Kier molecular flexibility index (Phi) is 6.24. The lowest BCUT2D eigenvalue weighted by molar-refractivity contribution is -0.274. The monoisotopic (exact) mass is 386 g/mol. The van der Waals surface area contributed by atoms with E-state index >= 15 is 0 Å². The summed E-state index contributed by atoms with van der Waals surface area (Å²) in [6.07, 6.45) is -2.84. The van der Waals surface area contributed by atoms with Gasteiger partial charge in [0.15, 0.2) is 0 Å². The minimum atomic E-state index is -4.67. The van der Waals surface area contributed by atoms with Crippen molar-refractivity contribution in [3.8, 4) is 22.6 Å². The topological polar surface area (TPSA) is 18.5 Å². The van der Waals surface area contributed by atoms with Crippen LogP contribution in [0.25, 0.3) is 11.1 Å². The van der Waals surface area contributed by atoms with E-state index in [1.54, 1.807) is 12.1 Å². The molecule has 0 amide bonds. The molecule has 0 radical (unpaired) electrons. The van der Waals surface area contributed by atoms with Gasteiger partial charge in [0.25, 0.3) is 0 Å². The predicted octanol–water partition coefficient (Wildman–Crippen LogP) is 6.44. The number of rotatable bonds is 7. The molecule has 0 saturated carbocycles. The molecule has 3 rings (SSSR count). The molecular formula is C23H21F3O2. The van der Waals surface area contributed by atoms with Crippen LogP contribution in [-0.4, -0.2) is 13.0 Å². The minimum Gasteiger partial charge on any atom is -0.494 e. The van der Waals surface area contributed by atoms with Crippen molar-refractivity contribution < 1.29 is 22.6 Å². The van der Waals surface area contributed by atoms with Gasteiger partial charge in [-0.2, -0.15) is 0 Å². The second kappa shape index (κ2) is 8.83. The molecule has 146 valence electrons. The molecule has 0 aromatic heterocycles. The van der Waals surface area contributed by atoms with Crippen molar-refractivity contribution in [3.63, 3.8) is 0 Å². The van der Waals surface area contributed by atoms with Crippen LogP contribution in [-0.2, 0) is 12.8 Å². The van der Waals surface area contributed by atoms with Crippen molar-refractivity contribution in [3.05, 3.63) is 83.9 Å². The van der Waals surface area contributed by atoms with Crippen LogP contribution in [0.5, 0.6) is 11.5 Å². The number of alkyl halides is 3. The first-order chi connectivity index (χ1) is 13.4. The summed E-state index contributed by atoms with van der Waals surface area (Å²) in [4.78, 5) is 0. The summed E-state index contributed by atoms with van der Waals surface area (Å²) in [6.45, 7) is 2.62. The zero-order valence-corrected chi connectivity index (χ0v) is 15.5. The van der Waals surface area contributed by atoms with Gasteiger partial charge in [-0.25, -0.2) is 0 Å². The van der Waals surface area contributed by atoms with E-state index in [0.717, 1.165) is 29.7 Å². The fraction of sp³-hybridized carbons (Fsp3) is 0.217. The van der Waals surface area contributed by atoms with Gasteiger partial charge in [0.05, 0.1) is 6.61 Å². The Balaban J connectivity index is 1.58. The largest absolute Gasteiger partial charge is 0.573 e. The van der Waals surface area contributed by atoms with Crippen molar-refractivity contribution in [2.75, 3.05) is 6.61 Å². The highest BCUT2D eigenvalue weighted by Crippen LogP contribution is 2.27. The van der Waals surface area contributed by atoms with Crippen LogP contribution in [0, 0.1) is 0 Å². The first-order valence-electron chi connectivity index (χ1n) is 9.10. The van der Waals surface area contributed by atoms with Gasteiger partial charge in [0, 0.05) is 0 Å². The highest BCUT2D eigenvalue weighted by atomic mass is 19.4. The lowest BCUT2D eigenvalue weighted by Gasteiger charge is -2.10. The lowest BCUT2D eigenvalue weighted by atomic mass is 10.0. The molecule has 0 saturated heterocycles. The van der Waals surface area contributed by atoms with Crippen LogP contribution < -0.4 is 9.47 Å². The maximum Gasteiger partial charge on any atom is 0.573 e. The van der Waals surface area contributed by atoms with Gasteiger partial charge in [-0.3, -0.25) is 0 Å². The van der Waals surface area contributed by atoms with Gasteiger partial charge in [-0.15, -0.1) is 13.2 Å². The molecule has 2 nitrogen and oxygen atoms in total. The number of ether oxygens (including phenoxy) is 2. The summed E-state index contributed by atoms with van der Waals surface area (Å²) in [5.41, 5.74) is 4.23. The molecule has 0 aliphatic carbocycles. The molecule has 0 atom stereocenters. The molecule has 28 heavy (non-hydrogen) atoms. The predicted molar refractivity (Wildman–Crippen MR) is 104 cm³/mol. The molecule has 0 N–H and O–H groups in total. The van der Waals surface area contributed by atoms with Crippen LogP contribution in [0.15, 0.2) is 72.8 Å². The third-order valence-electron chi connectivity index (χ3n) is 4.31. The number of benzene rings is 3. The van der Waals surface area contributed by atoms with Gasteiger partial charge in [-0.05, 0) is 66.3 Å². The number of halogens is 3. The van der Waals surface area contributed by atoms with Crippen molar-refractivity contribution in [2.45, 2.75) is 26.1 Å². The van der Waals surface area contributed by atoms with Gasteiger partial charge < -0.3 is 9.47 Å². The normalized spacial score (nSPS) is 11.3. The number of hydrogen-bond donors (Lipinski definition) is 0. The van der Waals surface area contributed by atoms with E-state index in [2.05, 4.69) is 16.9 Å². The summed E-state index contributed by atoms with van der Waals surface area (Å²) in [5, 5.41) is 0. The summed E-state index contributed by atoms with van der Waals surface area (Å²) in [6, 6.07) is 22.0. The molecule has 0 aliphatic heterocycles. The van der Waals surface area contributed by atoms with E-state index in [-0.39, 0.29) is 5.75 Å². The maximum atomic E-state index is 12.2. The van der Waals surface area contributed by atoms with E-state index in [4.69, 9.17) is 4.74 Å². The van der Waals surface area contributed by atoms with Crippen molar-refractivity contribution in [2.24, 2.45) is 0 Å². The van der Waals surface area contributed by atoms with E-state index in [9.17, 15) is 13.2 Å². The van der Waals surface area contributed by atoms with Crippen LogP contribution in [0.2, 0.25) is 0 Å². The molecule has 0 fully saturated rings. The Morgan fingerprint density at radius 2 is 1.07 bits per heavy atom. The van der Waals surface area contributed by atoms with E-state index in [0.29, 0.717) is 6.61 Å². The SMILES string of the molecule is CCOc1ccc(CCc2ccc(-c3ccc(OC(F)(F)F)cc3)cc2)cc1. The molecular weight excluding hydrogens is 365 g/mol. The smallest absolute Gasteiger partial charge is 0.494 e. The summed E-state index contributed by atoms with van der Waals surface area (Å²) in [7, 11) is 0. The average Bonchev–Trinajstić information content (AvgIpc) is 2.68. The van der Waals surface area contributed by atoms with Gasteiger partial charge >= 0.3 is 6.36 Å². The third-order valence-corrected chi connectivity index (χ3v) is 4.31. The maximum absolute atomic E-state index is 12.2. The standard InChI is InChI=1S/C23H21F3O2/c1-2-27-21-13-7-18(8-14-21)4-3-17-5-9-19(10-6-17)20-11-15-22(16-12-20)28-23(24,25)26/h5-16H,2-4H2,1H3. The second-order valence-electron chi connectivity index (χ2n) is 6.35. The van der Waals surface area contributed by atoms with Crippen LogP contribution in [0.3, 0.4) is 0 Å². The van der Waals surface area contributed by atoms with Gasteiger partial charge in [-0.1, -0.05) is 48.5 Å². The zero-order chi connectivity index (χ0) is 20.0. The number of hydrogen-bond acceptors (Lipinski definition) is 2. The van der Waals surface area contributed by atoms with Crippen molar-refractivity contribution >= 4 is 0 Å². The highest BCUT2D eigenvalue weighted by Gasteiger charge is 2.30. The van der Waals surface area contributed by atoms with Crippen molar-refractivity contribution in [1.82, 2.24) is 0 Å². The van der Waals surface area contributed by atoms with Crippen LogP contribution >= 0.6 is 0 Å². The van der Waals surface area contributed by atoms with Crippen LogP contribution in [0.4, 0.5) is 13.2 Å². The van der Waals surface area contributed by atoms with E-state index in [1.165, 1.54) is 23.3 Å². The van der Waals surface area contributed by atoms with Gasteiger partial charge in [0.2, 0.25) is 0 Å². The summed E-state index contributed by atoms with van der Waals surface area (Å²) < 4.78 is 46.0. The molecule has 0 spiro atoms. The Labute approximate surface area is 162 Å². The summed E-state index contributed by atoms with van der Waals surface area (Å²) >= 11 is 0. The molecule has 0 heterocycles. The fourth-order valence-corrected chi connectivity index (χ4v) is 2.92. The molecule has 3 aromatic rings. The Bertz CT molecular complexity index is 868. The third kappa shape index (κ3) is 5.78. The first-order valence-corrected chi connectivity index (χ1v) is 9.10. The van der Waals surface area contributed by atoms with Crippen molar-refractivity contribution in [1.29, 1.82) is 0 Å². The molecule has 0 aliphatic rings. The molecule has 5 heteroatoms. The Morgan fingerprint density at radius 1 is 0.643 bits per heavy atom. The molecule has 0 unspecified atom stereocenters. The lowest BCUT2D eigenvalue weighted by Crippen LogP contribution is -2.16. The molecule has 3 aromatic carbocycles. The highest BCUT2D eigenvalue weighted by molar-refractivity contribution is 5.64. The Morgan fingerprint density at radius 3 is 1.54 bits per heavy atom.